The van der Waals surface area contributed by atoms with E-state index in [2.05, 4.69) is 0 Å². The summed E-state index contributed by atoms with van der Waals surface area (Å²) in [6.45, 7) is 0.922. The van der Waals surface area contributed by atoms with Gasteiger partial charge in [0.05, 0.1) is 6.61 Å². The summed E-state index contributed by atoms with van der Waals surface area (Å²) in [6, 6.07) is 0. The van der Waals surface area contributed by atoms with Crippen LogP contribution in [0.4, 0.5) is 0 Å². The van der Waals surface area contributed by atoms with E-state index in [1.807, 2.05) is 25.2 Å². The molecule has 1 rings (SSSR count). The van der Waals surface area contributed by atoms with Crippen molar-refractivity contribution < 1.29 is 9.53 Å². The van der Waals surface area contributed by atoms with Crippen LogP contribution in [0.3, 0.4) is 0 Å². The molecule has 1 heterocycles. The molecule has 11 heavy (non-hydrogen) atoms. The quantitative estimate of drug-likeness (QED) is 0.514. The molecule has 1 aliphatic heterocycles. The van der Waals surface area contributed by atoms with Gasteiger partial charge in [-0.1, -0.05) is 0 Å². The Hall–Kier alpha value is -0.830. The number of ether oxygens (including phenoxy) is 1. The first-order valence-corrected chi connectivity index (χ1v) is 3.68. The summed E-state index contributed by atoms with van der Waals surface area (Å²) in [6.07, 6.45) is 2.61. The Bertz CT molecular complexity index is 185. The van der Waals surface area contributed by atoms with Gasteiger partial charge in [-0.2, -0.15) is 0 Å². The van der Waals surface area contributed by atoms with Crippen molar-refractivity contribution in [2.24, 2.45) is 0 Å². The van der Waals surface area contributed by atoms with E-state index >= 15 is 0 Å². The second-order valence-electron chi connectivity index (χ2n) is 2.84. The van der Waals surface area contributed by atoms with Gasteiger partial charge < -0.3 is 9.64 Å². The Morgan fingerprint density at radius 3 is 2.82 bits per heavy atom. The lowest BCUT2D eigenvalue weighted by Gasteiger charge is -2.15. The van der Waals surface area contributed by atoms with Gasteiger partial charge in [0.1, 0.15) is 6.61 Å². The van der Waals surface area contributed by atoms with E-state index < -0.39 is 0 Å². The number of hydrogen-bond donors (Lipinski definition) is 0. The minimum absolute atomic E-state index is 0.116. The fourth-order valence-corrected chi connectivity index (χ4v) is 1.03. The Labute approximate surface area is 66.6 Å². The average Bonchev–Trinajstić information content (AvgIpc) is 1.93. The molecule has 3 nitrogen and oxygen atoms in total. The molecule has 1 fully saturated rings. The first-order chi connectivity index (χ1) is 5.20. The largest absolute Gasteiger partial charge is 0.383 e. The van der Waals surface area contributed by atoms with E-state index in [0.29, 0.717) is 6.61 Å². The summed E-state index contributed by atoms with van der Waals surface area (Å²) >= 11 is 0. The average molecular weight is 155 g/mol. The van der Waals surface area contributed by atoms with Crippen LogP contribution in [0.1, 0.15) is 6.42 Å². The topological polar surface area (TPSA) is 29.5 Å². The molecule has 0 N–H and O–H groups in total. The molecule has 62 valence electrons. The molecule has 0 bridgehead atoms. The molecule has 0 saturated carbocycles. The van der Waals surface area contributed by atoms with Crippen molar-refractivity contribution in [3.63, 3.8) is 0 Å². The Kier molecular flexibility index (Phi) is 2.65. The first kappa shape index (κ1) is 8.27. The Morgan fingerprint density at radius 1 is 1.55 bits per heavy atom. The summed E-state index contributed by atoms with van der Waals surface area (Å²) in [5, 5.41) is 0. The number of Topliss-reactive ketones (excluding diaryl/α,β-unsaturated/α-hetero) is 1. The van der Waals surface area contributed by atoms with E-state index in [9.17, 15) is 4.79 Å². The van der Waals surface area contributed by atoms with Crippen LogP contribution in [0, 0.1) is 0 Å². The van der Waals surface area contributed by atoms with E-state index in [1.54, 1.807) is 0 Å². The monoisotopic (exact) mass is 155 g/mol. The Morgan fingerprint density at radius 2 is 2.27 bits per heavy atom. The third-order valence-electron chi connectivity index (χ3n) is 1.52. The van der Waals surface area contributed by atoms with E-state index in [-0.39, 0.29) is 12.4 Å². The highest BCUT2D eigenvalue weighted by Crippen LogP contribution is 2.09. The second-order valence-corrected chi connectivity index (χ2v) is 2.84. The lowest BCUT2D eigenvalue weighted by molar-refractivity contribution is -0.122. The Balaban J connectivity index is 2.61. The van der Waals surface area contributed by atoms with Gasteiger partial charge in [-0.05, 0) is 0 Å². The summed E-state index contributed by atoms with van der Waals surface area (Å²) in [4.78, 5) is 13.0. The number of hydrogen-bond acceptors (Lipinski definition) is 3. The van der Waals surface area contributed by atoms with Gasteiger partial charge in [0.25, 0.3) is 0 Å². The molecule has 0 aromatic carbocycles. The van der Waals surface area contributed by atoms with Gasteiger partial charge in [-0.15, -0.1) is 0 Å². The molecule has 0 aromatic heterocycles. The van der Waals surface area contributed by atoms with Crippen LogP contribution in [-0.4, -0.2) is 38.0 Å². The van der Waals surface area contributed by atoms with Gasteiger partial charge >= 0.3 is 0 Å². The smallest absolute Gasteiger partial charge is 0.185 e. The molecule has 0 amide bonds. The van der Waals surface area contributed by atoms with Crippen LogP contribution in [0.25, 0.3) is 0 Å². The zero-order valence-electron chi connectivity index (χ0n) is 6.96. The van der Waals surface area contributed by atoms with Crippen LogP contribution in [-0.2, 0) is 9.53 Å². The fraction of sp³-hybridized carbons (Fsp3) is 0.625. The maximum absolute atomic E-state index is 11.1. The van der Waals surface area contributed by atoms with Crippen LogP contribution in [0.5, 0.6) is 0 Å². The number of nitrogens with zero attached hydrogens (tertiary/aromatic N) is 1. The number of carbonyl (C=O) groups is 1. The normalized spacial score (nSPS) is 22.4. The van der Waals surface area contributed by atoms with Crippen molar-refractivity contribution in [2.75, 3.05) is 27.3 Å². The predicted octanol–water partition coefficient (Wildman–Crippen LogP) is 0.421. The maximum Gasteiger partial charge on any atom is 0.185 e. The molecule has 0 atom stereocenters. The number of ketones is 1. The lowest BCUT2D eigenvalue weighted by atomic mass is 10.1. The molecule has 0 radical (unpaired) electrons. The molecular formula is C8H13NO2. The van der Waals surface area contributed by atoms with Crippen LogP contribution < -0.4 is 0 Å². The summed E-state index contributed by atoms with van der Waals surface area (Å²) < 4.78 is 4.98. The van der Waals surface area contributed by atoms with Gasteiger partial charge in [0.2, 0.25) is 0 Å². The van der Waals surface area contributed by atoms with E-state index in [0.717, 1.165) is 12.0 Å². The minimum atomic E-state index is 0.116. The highest BCUT2D eigenvalue weighted by molar-refractivity contribution is 5.96. The standard InChI is InChI=1S/C8H13NO2/c1-9(2)5-7-3-4-11-6-8(7)10/h5H,3-4,6H2,1-2H3/b7-5-. The molecule has 0 spiro atoms. The lowest BCUT2D eigenvalue weighted by Crippen LogP contribution is -2.21. The van der Waals surface area contributed by atoms with E-state index in [4.69, 9.17) is 4.74 Å². The summed E-state index contributed by atoms with van der Waals surface area (Å²) in [7, 11) is 3.82. The van der Waals surface area contributed by atoms with Gasteiger partial charge in [-0.3, -0.25) is 4.79 Å². The molecule has 0 unspecified atom stereocenters. The summed E-state index contributed by atoms with van der Waals surface area (Å²) in [5.74, 6) is 0.116. The van der Waals surface area contributed by atoms with E-state index in [1.165, 1.54) is 0 Å². The van der Waals surface area contributed by atoms with Crippen LogP contribution >= 0.6 is 0 Å². The molecular weight excluding hydrogens is 142 g/mol. The molecule has 0 aliphatic carbocycles. The van der Waals surface area contributed by atoms with Gasteiger partial charge in [0.15, 0.2) is 5.78 Å². The zero-order valence-corrected chi connectivity index (χ0v) is 6.96. The van der Waals surface area contributed by atoms with Gasteiger partial charge in [-0.25, -0.2) is 0 Å². The van der Waals surface area contributed by atoms with Crippen molar-refractivity contribution in [3.8, 4) is 0 Å². The highest BCUT2D eigenvalue weighted by atomic mass is 16.5. The van der Waals surface area contributed by atoms with Gasteiger partial charge in [0, 0.05) is 32.3 Å². The highest BCUT2D eigenvalue weighted by Gasteiger charge is 2.14. The summed E-state index contributed by atoms with van der Waals surface area (Å²) in [5.41, 5.74) is 0.876. The van der Waals surface area contributed by atoms with Crippen LogP contribution in [0.2, 0.25) is 0 Å². The zero-order chi connectivity index (χ0) is 8.27. The number of rotatable bonds is 1. The first-order valence-electron chi connectivity index (χ1n) is 3.68. The molecule has 3 heteroatoms. The number of carbonyl (C=O) groups excluding carboxylic acids is 1. The maximum atomic E-state index is 11.1. The third-order valence-corrected chi connectivity index (χ3v) is 1.52. The van der Waals surface area contributed by atoms with Crippen molar-refractivity contribution in [1.29, 1.82) is 0 Å². The van der Waals surface area contributed by atoms with Crippen molar-refractivity contribution in [3.05, 3.63) is 11.8 Å². The van der Waals surface area contributed by atoms with Crippen LogP contribution in [0.15, 0.2) is 11.8 Å². The fourth-order valence-electron chi connectivity index (χ4n) is 1.03. The molecule has 1 saturated heterocycles. The van der Waals surface area contributed by atoms with Crippen molar-refractivity contribution >= 4 is 5.78 Å². The second kappa shape index (κ2) is 3.53. The van der Waals surface area contributed by atoms with Crippen molar-refractivity contribution in [2.45, 2.75) is 6.42 Å². The SMILES string of the molecule is CN(C)/C=C1/CCOCC1=O. The predicted molar refractivity (Wildman–Crippen MR) is 42.2 cm³/mol. The van der Waals surface area contributed by atoms with Crippen molar-refractivity contribution in [1.82, 2.24) is 4.90 Å². The molecule has 1 aliphatic rings. The third kappa shape index (κ3) is 2.35. The minimum Gasteiger partial charge on any atom is -0.383 e. The molecule has 0 aromatic rings.